The van der Waals surface area contributed by atoms with Crippen molar-refractivity contribution >= 4 is 21.8 Å². The van der Waals surface area contributed by atoms with Crippen LogP contribution in [-0.2, 0) is 0 Å². The number of alkyl halides is 1. The molecule has 0 heterocycles. The lowest BCUT2D eigenvalue weighted by Crippen LogP contribution is -2.45. The van der Waals surface area contributed by atoms with Gasteiger partial charge in [-0.05, 0) is 31.4 Å². The Bertz CT molecular complexity index is 428. The van der Waals surface area contributed by atoms with Gasteiger partial charge in [-0.3, -0.25) is 4.79 Å². The number of carbonyl (C=O) groups excluding carboxylic acids is 1. The van der Waals surface area contributed by atoms with E-state index in [4.69, 9.17) is 0 Å². The van der Waals surface area contributed by atoms with E-state index in [1.807, 2.05) is 0 Å². The third-order valence-electron chi connectivity index (χ3n) is 3.21. The number of carbonyl (C=O) groups is 1. The van der Waals surface area contributed by atoms with Crippen LogP contribution in [0.15, 0.2) is 18.2 Å². The maximum Gasteiger partial charge on any atom is 0.254 e. The van der Waals surface area contributed by atoms with Crippen LogP contribution in [-0.4, -0.2) is 28.7 Å². The lowest BCUT2D eigenvalue weighted by Gasteiger charge is -2.37. The molecule has 0 aromatic heterocycles. The van der Waals surface area contributed by atoms with Crippen LogP contribution in [0, 0.1) is 11.6 Å². The molecule has 2 rings (SSSR count). The fourth-order valence-corrected chi connectivity index (χ4v) is 2.46. The van der Waals surface area contributed by atoms with Crippen LogP contribution in [0.1, 0.15) is 29.6 Å². The lowest BCUT2D eigenvalue weighted by atomic mass is 9.91. The SMILES string of the molecule is O=C(c1cc(F)cc(F)c1)N(CCBr)C1CCC1. The van der Waals surface area contributed by atoms with E-state index in [2.05, 4.69) is 15.9 Å². The fourth-order valence-electron chi connectivity index (χ4n) is 2.08. The highest BCUT2D eigenvalue weighted by molar-refractivity contribution is 9.09. The van der Waals surface area contributed by atoms with E-state index in [0.717, 1.165) is 37.5 Å². The van der Waals surface area contributed by atoms with Crippen molar-refractivity contribution < 1.29 is 13.6 Å². The lowest BCUT2D eigenvalue weighted by molar-refractivity contribution is 0.0598. The first-order valence-electron chi connectivity index (χ1n) is 5.95. The molecule has 1 aliphatic rings. The zero-order valence-corrected chi connectivity index (χ0v) is 11.4. The average Bonchev–Trinajstić information content (AvgIpc) is 2.23. The molecule has 0 unspecified atom stereocenters. The minimum absolute atomic E-state index is 0.0837. The normalized spacial score (nSPS) is 15.3. The van der Waals surface area contributed by atoms with E-state index in [1.165, 1.54) is 0 Å². The minimum atomic E-state index is -0.717. The average molecular weight is 318 g/mol. The first-order valence-corrected chi connectivity index (χ1v) is 7.07. The molecule has 5 heteroatoms. The molecular formula is C13H14BrF2NO. The summed E-state index contributed by atoms with van der Waals surface area (Å²) in [5.74, 6) is -1.73. The molecule has 1 aromatic rings. The fraction of sp³-hybridized carbons (Fsp3) is 0.462. The van der Waals surface area contributed by atoms with E-state index < -0.39 is 11.6 Å². The van der Waals surface area contributed by atoms with Gasteiger partial charge >= 0.3 is 0 Å². The van der Waals surface area contributed by atoms with Gasteiger partial charge in [0.25, 0.3) is 5.91 Å². The molecule has 0 bridgehead atoms. The second-order valence-electron chi connectivity index (χ2n) is 4.43. The summed E-state index contributed by atoms with van der Waals surface area (Å²) in [6.45, 7) is 0.557. The molecule has 0 aliphatic heterocycles. The molecule has 0 N–H and O–H groups in total. The third-order valence-corrected chi connectivity index (χ3v) is 3.57. The summed E-state index contributed by atoms with van der Waals surface area (Å²) in [6.07, 6.45) is 3.04. The monoisotopic (exact) mass is 317 g/mol. The van der Waals surface area contributed by atoms with Crippen LogP contribution < -0.4 is 0 Å². The standard InChI is InChI=1S/C13H14BrF2NO/c14-4-5-17(12-2-1-3-12)13(18)9-6-10(15)8-11(16)7-9/h6-8,12H,1-5H2. The highest BCUT2D eigenvalue weighted by Gasteiger charge is 2.29. The first kappa shape index (κ1) is 13.5. The van der Waals surface area contributed by atoms with Crippen molar-refractivity contribution in [2.45, 2.75) is 25.3 Å². The van der Waals surface area contributed by atoms with E-state index in [0.29, 0.717) is 11.9 Å². The van der Waals surface area contributed by atoms with Gasteiger partial charge in [0.1, 0.15) is 11.6 Å². The Morgan fingerprint density at radius 1 is 1.28 bits per heavy atom. The summed E-state index contributed by atoms with van der Waals surface area (Å²) < 4.78 is 26.2. The van der Waals surface area contributed by atoms with Gasteiger partial charge in [-0.15, -0.1) is 0 Å². The zero-order chi connectivity index (χ0) is 13.1. The summed E-state index contributed by atoms with van der Waals surface area (Å²) >= 11 is 3.30. The Morgan fingerprint density at radius 3 is 2.33 bits per heavy atom. The molecule has 0 saturated heterocycles. The molecular weight excluding hydrogens is 304 g/mol. The second-order valence-corrected chi connectivity index (χ2v) is 5.22. The molecule has 1 saturated carbocycles. The number of hydrogen-bond acceptors (Lipinski definition) is 1. The van der Waals surface area contributed by atoms with Gasteiger partial charge in [0.15, 0.2) is 0 Å². The quantitative estimate of drug-likeness (QED) is 0.780. The van der Waals surface area contributed by atoms with Crippen LogP contribution in [0.3, 0.4) is 0 Å². The molecule has 0 radical (unpaired) electrons. The Hall–Kier alpha value is -0.970. The highest BCUT2D eigenvalue weighted by Crippen LogP contribution is 2.26. The van der Waals surface area contributed by atoms with Crippen molar-refractivity contribution in [2.75, 3.05) is 11.9 Å². The summed E-state index contributed by atoms with van der Waals surface area (Å²) in [4.78, 5) is 13.9. The van der Waals surface area contributed by atoms with Crippen molar-refractivity contribution in [2.24, 2.45) is 0 Å². The molecule has 0 atom stereocenters. The number of hydrogen-bond donors (Lipinski definition) is 0. The number of rotatable bonds is 4. The summed E-state index contributed by atoms with van der Waals surface area (Å²) in [5, 5.41) is 0.660. The van der Waals surface area contributed by atoms with Gasteiger partial charge < -0.3 is 4.90 Å². The topological polar surface area (TPSA) is 20.3 Å². The van der Waals surface area contributed by atoms with Crippen molar-refractivity contribution in [3.8, 4) is 0 Å². The second kappa shape index (κ2) is 5.78. The molecule has 1 aliphatic carbocycles. The molecule has 1 fully saturated rings. The largest absolute Gasteiger partial charge is 0.335 e. The van der Waals surface area contributed by atoms with Crippen LogP contribution >= 0.6 is 15.9 Å². The van der Waals surface area contributed by atoms with Crippen LogP contribution in [0.5, 0.6) is 0 Å². The molecule has 2 nitrogen and oxygen atoms in total. The van der Waals surface area contributed by atoms with Gasteiger partial charge in [0.05, 0.1) is 0 Å². The van der Waals surface area contributed by atoms with E-state index >= 15 is 0 Å². The Labute approximate surface area is 113 Å². The molecule has 0 spiro atoms. The Balaban J connectivity index is 2.21. The maximum atomic E-state index is 13.1. The zero-order valence-electron chi connectivity index (χ0n) is 9.83. The first-order chi connectivity index (χ1) is 8.61. The Kier molecular flexibility index (Phi) is 4.32. The predicted octanol–water partition coefficient (Wildman–Crippen LogP) is 3.35. The Morgan fingerprint density at radius 2 is 1.89 bits per heavy atom. The van der Waals surface area contributed by atoms with Crippen LogP contribution in [0.2, 0.25) is 0 Å². The highest BCUT2D eigenvalue weighted by atomic mass is 79.9. The summed E-state index contributed by atoms with van der Waals surface area (Å²) in [6, 6.07) is 3.16. The number of halogens is 3. The van der Waals surface area contributed by atoms with Gasteiger partial charge in [0, 0.05) is 29.5 Å². The van der Waals surface area contributed by atoms with Gasteiger partial charge in [0.2, 0.25) is 0 Å². The smallest absolute Gasteiger partial charge is 0.254 e. The predicted molar refractivity (Wildman–Crippen MR) is 68.8 cm³/mol. The van der Waals surface area contributed by atoms with Gasteiger partial charge in [-0.25, -0.2) is 8.78 Å². The number of benzene rings is 1. The van der Waals surface area contributed by atoms with Crippen LogP contribution in [0.4, 0.5) is 8.78 Å². The number of amides is 1. The van der Waals surface area contributed by atoms with Crippen molar-refractivity contribution in [1.82, 2.24) is 4.90 Å². The van der Waals surface area contributed by atoms with E-state index in [9.17, 15) is 13.6 Å². The molecule has 18 heavy (non-hydrogen) atoms. The van der Waals surface area contributed by atoms with Crippen molar-refractivity contribution in [1.29, 1.82) is 0 Å². The minimum Gasteiger partial charge on any atom is -0.335 e. The summed E-state index contributed by atoms with van der Waals surface area (Å²) in [5.41, 5.74) is 0.0837. The maximum absolute atomic E-state index is 13.1. The molecule has 98 valence electrons. The summed E-state index contributed by atoms with van der Waals surface area (Å²) in [7, 11) is 0. The van der Waals surface area contributed by atoms with E-state index in [-0.39, 0.29) is 17.5 Å². The van der Waals surface area contributed by atoms with Crippen molar-refractivity contribution in [3.05, 3.63) is 35.4 Å². The van der Waals surface area contributed by atoms with E-state index in [1.54, 1.807) is 4.90 Å². The third kappa shape index (κ3) is 2.88. The van der Waals surface area contributed by atoms with Gasteiger partial charge in [-0.1, -0.05) is 15.9 Å². The van der Waals surface area contributed by atoms with Crippen LogP contribution in [0.25, 0.3) is 0 Å². The van der Waals surface area contributed by atoms with Gasteiger partial charge in [-0.2, -0.15) is 0 Å². The van der Waals surface area contributed by atoms with Crippen molar-refractivity contribution in [3.63, 3.8) is 0 Å². The number of nitrogens with zero attached hydrogens (tertiary/aromatic N) is 1. The molecule has 1 amide bonds. The molecule has 1 aromatic carbocycles.